The largest absolute Gasteiger partial charge is 0.497 e. The van der Waals surface area contributed by atoms with Gasteiger partial charge in [-0.1, -0.05) is 23.2 Å². The van der Waals surface area contributed by atoms with Crippen molar-refractivity contribution in [3.05, 3.63) is 58.1 Å². The summed E-state index contributed by atoms with van der Waals surface area (Å²) in [6, 6.07) is 10.9. The predicted molar refractivity (Wildman–Crippen MR) is 127 cm³/mol. The van der Waals surface area contributed by atoms with Crippen LogP contribution in [0.15, 0.2) is 42.5 Å². The number of methoxy groups -OCH3 is 1. The van der Waals surface area contributed by atoms with E-state index in [4.69, 9.17) is 32.7 Å². The van der Waals surface area contributed by atoms with Gasteiger partial charge in [-0.05, 0) is 61.7 Å². The first kappa shape index (κ1) is 25.1. The molecule has 1 saturated heterocycles. The van der Waals surface area contributed by atoms with E-state index in [1.807, 2.05) is 0 Å². The monoisotopic (exact) mass is 495 g/mol. The molecule has 2 aromatic rings. The Morgan fingerprint density at radius 3 is 2.45 bits per heavy atom. The second kappa shape index (κ2) is 12.1. The number of rotatable bonds is 8. The highest BCUT2D eigenvalue weighted by Crippen LogP contribution is 2.23. The van der Waals surface area contributed by atoms with Crippen LogP contribution in [0.5, 0.6) is 5.75 Å². The van der Waals surface area contributed by atoms with E-state index in [-0.39, 0.29) is 30.7 Å². The lowest BCUT2D eigenvalue weighted by molar-refractivity contribution is -0.0886. The van der Waals surface area contributed by atoms with Gasteiger partial charge < -0.3 is 30.5 Å². The fraction of sp³-hybridized carbons (Fsp3) is 0.391. The van der Waals surface area contributed by atoms with Crippen LogP contribution in [-0.2, 0) is 4.74 Å². The number of carbonyl (C=O) groups is 2. The van der Waals surface area contributed by atoms with Gasteiger partial charge in [-0.2, -0.15) is 0 Å². The van der Waals surface area contributed by atoms with Crippen molar-refractivity contribution in [2.75, 3.05) is 25.6 Å². The minimum absolute atomic E-state index is 0.145. The number of hydrogen-bond donors (Lipinski definition) is 4. The Bertz CT molecular complexity index is 937. The lowest BCUT2D eigenvalue weighted by atomic mass is 9.97. The average molecular weight is 496 g/mol. The molecule has 2 aromatic carbocycles. The number of hydrogen-bond acceptors (Lipinski definition) is 5. The summed E-state index contributed by atoms with van der Waals surface area (Å²) in [7, 11) is 1.57. The number of carbonyl (C=O) groups excluding carboxylic acids is 2. The summed E-state index contributed by atoms with van der Waals surface area (Å²) in [5.74, 6) is 0.421. The molecule has 178 valence electrons. The fourth-order valence-corrected chi connectivity index (χ4v) is 4.18. The Labute approximate surface area is 202 Å². The third-order valence-electron chi connectivity index (χ3n) is 5.34. The topological polar surface area (TPSA) is 109 Å². The van der Waals surface area contributed by atoms with Crippen LogP contribution >= 0.6 is 23.2 Å². The van der Waals surface area contributed by atoms with Crippen molar-refractivity contribution in [2.24, 2.45) is 0 Å². The minimum Gasteiger partial charge on any atom is -0.497 e. The standard InChI is InChI=1S/C23H27Cl2N3O5/c1-32-18-4-2-17(3-5-18)27-23(31)28-20-7-6-19(33-21(20)13-29)8-9-26-22(30)14-10-15(24)12-16(25)11-14/h2-5,10-12,19-21,29H,6-9,13H2,1H3,(H,26,30)(H2,27,28,31)/t19-,20+,21+/m1/s1. The summed E-state index contributed by atoms with van der Waals surface area (Å²) in [5.41, 5.74) is 1.01. The molecule has 0 unspecified atom stereocenters. The number of halogens is 2. The molecule has 1 fully saturated rings. The summed E-state index contributed by atoms with van der Waals surface area (Å²) >= 11 is 11.9. The van der Waals surface area contributed by atoms with Gasteiger partial charge in [-0.3, -0.25) is 4.79 Å². The highest BCUT2D eigenvalue weighted by molar-refractivity contribution is 6.35. The van der Waals surface area contributed by atoms with E-state index in [1.54, 1.807) is 49.6 Å². The van der Waals surface area contributed by atoms with Gasteiger partial charge in [-0.25, -0.2) is 4.79 Å². The molecular weight excluding hydrogens is 469 g/mol. The number of anilines is 1. The number of amides is 3. The highest BCUT2D eigenvalue weighted by Gasteiger charge is 2.31. The van der Waals surface area contributed by atoms with E-state index in [0.717, 1.165) is 0 Å². The highest BCUT2D eigenvalue weighted by atomic mass is 35.5. The molecule has 1 aliphatic rings. The lowest BCUT2D eigenvalue weighted by Gasteiger charge is -2.36. The van der Waals surface area contributed by atoms with Gasteiger partial charge in [-0.15, -0.1) is 0 Å². The van der Waals surface area contributed by atoms with Crippen LogP contribution in [0, 0.1) is 0 Å². The molecule has 0 radical (unpaired) electrons. The first-order valence-corrected chi connectivity index (χ1v) is 11.4. The van der Waals surface area contributed by atoms with Crippen LogP contribution < -0.4 is 20.7 Å². The van der Waals surface area contributed by atoms with Crippen molar-refractivity contribution < 1.29 is 24.2 Å². The SMILES string of the molecule is COc1ccc(NC(=O)N[C@H]2CC[C@H](CCNC(=O)c3cc(Cl)cc(Cl)c3)O[C@H]2CO)cc1. The smallest absolute Gasteiger partial charge is 0.319 e. The third kappa shape index (κ3) is 7.50. The number of aliphatic hydroxyl groups is 1. The van der Waals surface area contributed by atoms with E-state index in [0.29, 0.717) is 52.9 Å². The summed E-state index contributed by atoms with van der Waals surface area (Å²) in [4.78, 5) is 24.7. The van der Waals surface area contributed by atoms with Gasteiger partial charge in [0.1, 0.15) is 11.9 Å². The second-order valence-corrected chi connectivity index (χ2v) is 8.57. The van der Waals surface area contributed by atoms with E-state index in [9.17, 15) is 14.7 Å². The van der Waals surface area contributed by atoms with Crippen LogP contribution in [0.25, 0.3) is 0 Å². The van der Waals surface area contributed by atoms with Gasteiger partial charge in [0.05, 0.1) is 25.9 Å². The third-order valence-corrected chi connectivity index (χ3v) is 5.77. The zero-order valence-electron chi connectivity index (χ0n) is 18.1. The van der Waals surface area contributed by atoms with Crippen molar-refractivity contribution in [1.82, 2.24) is 10.6 Å². The molecule has 3 amide bonds. The Morgan fingerprint density at radius 2 is 1.82 bits per heavy atom. The maximum Gasteiger partial charge on any atom is 0.319 e. The number of aliphatic hydroxyl groups excluding tert-OH is 1. The van der Waals surface area contributed by atoms with Crippen LogP contribution in [0.3, 0.4) is 0 Å². The minimum atomic E-state index is -0.534. The zero-order valence-corrected chi connectivity index (χ0v) is 19.7. The quantitative estimate of drug-likeness (QED) is 0.444. The number of urea groups is 1. The molecule has 3 rings (SSSR count). The molecule has 10 heteroatoms. The Hall–Kier alpha value is -2.52. The molecule has 8 nitrogen and oxygen atoms in total. The van der Waals surface area contributed by atoms with Gasteiger partial charge in [0.25, 0.3) is 5.91 Å². The molecule has 0 aliphatic carbocycles. The summed E-state index contributed by atoms with van der Waals surface area (Å²) in [6.45, 7) is 0.166. The van der Waals surface area contributed by atoms with E-state index in [1.165, 1.54) is 0 Å². The first-order valence-electron chi connectivity index (χ1n) is 10.6. The normalized spacial score (nSPS) is 20.1. The van der Waals surface area contributed by atoms with E-state index in [2.05, 4.69) is 16.0 Å². The molecule has 4 N–H and O–H groups in total. The van der Waals surface area contributed by atoms with Crippen molar-refractivity contribution in [3.8, 4) is 5.75 Å². The molecule has 0 spiro atoms. The molecule has 0 saturated carbocycles. The van der Waals surface area contributed by atoms with Crippen molar-refractivity contribution in [2.45, 2.75) is 37.5 Å². The van der Waals surface area contributed by atoms with Gasteiger partial charge in [0.2, 0.25) is 0 Å². The van der Waals surface area contributed by atoms with Gasteiger partial charge >= 0.3 is 6.03 Å². The van der Waals surface area contributed by atoms with Crippen LogP contribution in [0.4, 0.5) is 10.5 Å². The van der Waals surface area contributed by atoms with Crippen molar-refractivity contribution in [1.29, 1.82) is 0 Å². The Balaban J connectivity index is 1.43. The molecule has 33 heavy (non-hydrogen) atoms. The maximum absolute atomic E-state index is 12.4. The number of benzene rings is 2. The van der Waals surface area contributed by atoms with Gasteiger partial charge in [0.15, 0.2) is 0 Å². The second-order valence-electron chi connectivity index (χ2n) is 7.69. The van der Waals surface area contributed by atoms with Crippen molar-refractivity contribution in [3.63, 3.8) is 0 Å². The number of ether oxygens (including phenoxy) is 2. The Morgan fingerprint density at radius 1 is 1.12 bits per heavy atom. The fourth-order valence-electron chi connectivity index (χ4n) is 3.65. The zero-order chi connectivity index (χ0) is 23.8. The molecule has 0 aromatic heterocycles. The molecule has 1 aliphatic heterocycles. The predicted octanol–water partition coefficient (Wildman–Crippen LogP) is 3.85. The summed E-state index contributed by atoms with van der Waals surface area (Å²) in [6.07, 6.45) is 1.22. The molecule has 0 bridgehead atoms. The van der Waals surface area contributed by atoms with Crippen molar-refractivity contribution >= 4 is 40.8 Å². The summed E-state index contributed by atoms with van der Waals surface area (Å²) < 4.78 is 11.1. The number of nitrogens with one attached hydrogen (secondary N) is 3. The Kier molecular flexibility index (Phi) is 9.20. The van der Waals surface area contributed by atoms with E-state index < -0.39 is 6.10 Å². The molecule has 1 heterocycles. The average Bonchev–Trinajstić information content (AvgIpc) is 2.79. The van der Waals surface area contributed by atoms with Crippen LogP contribution in [-0.4, -0.2) is 55.6 Å². The van der Waals surface area contributed by atoms with Crippen LogP contribution in [0.1, 0.15) is 29.6 Å². The summed E-state index contributed by atoms with van der Waals surface area (Å²) in [5, 5.41) is 19.0. The van der Waals surface area contributed by atoms with Crippen LogP contribution in [0.2, 0.25) is 10.0 Å². The molecular formula is C23H27Cl2N3O5. The van der Waals surface area contributed by atoms with E-state index >= 15 is 0 Å². The maximum atomic E-state index is 12.4. The molecule has 3 atom stereocenters. The lowest BCUT2D eigenvalue weighted by Crippen LogP contribution is -2.52. The first-order chi connectivity index (χ1) is 15.9. The van der Waals surface area contributed by atoms with Gasteiger partial charge in [0, 0.05) is 27.8 Å².